The normalized spacial score (nSPS) is 17.4. The maximum atomic E-state index is 13.7. The Bertz CT molecular complexity index is 1100. The highest BCUT2D eigenvalue weighted by Gasteiger charge is 2.29. The summed E-state index contributed by atoms with van der Waals surface area (Å²) in [6, 6.07) is 10.7. The molecule has 2 heterocycles. The molecule has 34 heavy (non-hydrogen) atoms. The molecule has 2 fully saturated rings. The van der Waals surface area contributed by atoms with Gasteiger partial charge in [0, 0.05) is 31.9 Å². The van der Waals surface area contributed by atoms with Crippen LogP contribution in [0.15, 0.2) is 47.4 Å². The summed E-state index contributed by atoms with van der Waals surface area (Å²) in [5.41, 5.74) is 0.888. The lowest BCUT2D eigenvalue weighted by atomic mass is 10.1. The van der Waals surface area contributed by atoms with Crippen molar-refractivity contribution in [2.24, 2.45) is 0 Å². The zero-order valence-electron chi connectivity index (χ0n) is 18.7. The number of morpholine rings is 2. The van der Waals surface area contributed by atoms with Gasteiger partial charge in [0.25, 0.3) is 5.91 Å². The van der Waals surface area contributed by atoms with Gasteiger partial charge in [-0.3, -0.25) is 4.79 Å². The van der Waals surface area contributed by atoms with Crippen molar-refractivity contribution in [3.8, 4) is 5.75 Å². The van der Waals surface area contributed by atoms with Crippen LogP contribution < -0.4 is 15.0 Å². The van der Waals surface area contributed by atoms with Crippen LogP contribution in [0.2, 0.25) is 0 Å². The number of anilines is 1. The van der Waals surface area contributed by atoms with Crippen LogP contribution >= 0.6 is 0 Å². The lowest BCUT2D eigenvalue weighted by molar-refractivity contribution is 0.0730. The second-order valence-electron chi connectivity index (χ2n) is 7.83. The van der Waals surface area contributed by atoms with Gasteiger partial charge in [0.05, 0.1) is 43.4 Å². The number of hydrogen-bond donors (Lipinski definition) is 1. The van der Waals surface area contributed by atoms with E-state index in [1.165, 1.54) is 28.6 Å². The molecule has 2 aliphatic rings. The molecule has 2 aromatic rings. The van der Waals surface area contributed by atoms with Gasteiger partial charge in [-0.15, -0.1) is 0 Å². The number of para-hydroxylation sites is 1. The first-order chi connectivity index (χ1) is 16.5. The maximum absolute atomic E-state index is 13.7. The van der Waals surface area contributed by atoms with E-state index in [-0.39, 0.29) is 42.4 Å². The Morgan fingerprint density at radius 2 is 1.68 bits per heavy atom. The fourth-order valence-electron chi connectivity index (χ4n) is 3.86. The topological polar surface area (TPSA) is 97.4 Å². The number of benzene rings is 2. The molecule has 2 aliphatic heterocycles. The predicted octanol–water partition coefficient (Wildman–Crippen LogP) is 1.49. The third-order valence-corrected chi connectivity index (χ3v) is 7.55. The molecule has 2 saturated heterocycles. The number of halogens is 1. The van der Waals surface area contributed by atoms with Crippen molar-refractivity contribution < 1.29 is 31.8 Å². The Hall–Kier alpha value is -2.73. The summed E-state index contributed by atoms with van der Waals surface area (Å²) in [5.74, 6) is -0.813. The van der Waals surface area contributed by atoms with Crippen molar-refractivity contribution in [1.82, 2.24) is 9.62 Å². The Morgan fingerprint density at radius 1 is 1.00 bits per heavy atom. The molecule has 0 unspecified atom stereocenters. The molecule has 0 radical (unpaired) electrons. The van der Waals surface area contributed by atoms with E-state index in [0.29, 0.717) is 45.2 Å². The van der Waals surface area contributed by atoms with Crippen molar-refractivity contribution >= 4 is 21.6 Å². The Morgan fingerprint density at radius 3 is 2.38 bits per heavy atom. The minimum absolute atomic E-state index is 0.0548. The SMILES string of the molecule is O=C(NCCOc1ccccc1F)c1cc(S(=O)(=O)N2CCOCC2)ccc1N1CCOCC1. The molecule has 0 aliphatic carbocycles. The first kappa shape index (κ1) is 24.4. The smallest absolute Gasteiger partial charge is 0.253 e. The third-order valence-electron chi connectivity index (χ3n) is 5.65. The fraction of sp³-hybridized carbons (Fsp3) is 0.435. The summed E-state index contributed by atoms with van der Waals surface area (Å²) < 4.78 is 57.4. The number of hydrogen-bond acceptors (Lipinski definition) is 7. The number of amides is 1. The molecule has 0 spiro atoms. The molecule has 11 heteroatoms. The fourth-order valence-corrected chi connectivity index (χ4v) is 5.29. The molecule has 9 nitrogen and oxygen atoms in total. The summed E-state index contributed by atoms with van der Waals surface area (Å²) in [4.78, 5) is 15.2. The molecule has 4 rings (SSSR count). The van der Waals surface area contributed by atoms with E-state index in [0.717, 1.165) is 0 Å². The van der Waals surface area contributed by atoms with Crippen LogP contribution in [0.4, 0.5) is 10.1 Å². The number of ether oxygens (including phenoxy) is 3. The van der Waals surface area contributed by atoms with Crippen molar-refractivity contribution in [2.45, 2.75) is 4.90 Å². The quantitative estimate of drug-likeness (QED) is 0.557. The van der Waals surface area contributed by atoms with Crippen LogP contribution in [0.3, 0.4) is 0 Å². The van der Waals surface area contributed by atoms with Gasteiger partial charge in [0.2, 0.25) is 10.0 Å². The molecular weight excluding hydrogens is 465 g/mol. The van der Waals surface area contributed by atoms with E-state index in [2.05, 4.69) is 5.32 Å². The molecule has 0 aromatic heterocycles. The standard InChI is InChI=1S/C23H28FN3O6S/c24-20-3-1-2-4-22(20)33-12-7-25-23(28)19-17-18(34(29,30)27-10-15-32-16-11-27)5-6-21(19)26-8-13-31-14-9-26/h1-6,17H,7-16H2,(H,25,28). The highest BCUT2D eigenvalue weighted by Crippen LogP contribution is 2.27. The monoisotopic (exact) mass is 493 g/mol. The van der Waals surface area contributed by atoms with Gasteiger partial charge in [-0.1, -0.05) is 12.1 Å². The Labute approximate surface area is 198 Å². The van der Waals surface area contributed by atoms with E-state index in [9.17, 15) is 17.6 Å². The number of sulfonamides is 1. The van der Waals surface area contributed by atoms with Crippen molar-refractivity contribution in [3.05, 3.63) is 53.8 Å². The van der Waals surface area contributed by atoms with Crippen LogP contribution in [0.5, 0.6) is 5.75 Å². The van der Waals surface area contributed by atoms with Gasteiger partial charge in [0.1, 0.15) is 6.61 Å². The number of nitrogens with one attached hydrogen (secondary N) is 1. The Kier molecular flexibility index (Phi) is 7.99. The highest BCUT2D eigenvalue weighted by molar-refractivity contribution is 7.89. The molecule has 184 valence electrons. The molecular formula is C23H28FN3O6S. The van der Waals surface area contributed by atoms with Gasteiger partial charge in [0.15, 0.2) is 11.6 Å². The molecule has 1 N–H and O–H groups in total. The van der Waals surface area contributed by atoms with Crippen molar-refractivity contribution in [2.75, 3.05) is 70.7 Å². The average Bonchev–Trinajstić information content (AvgIpc) is 2.88. The summed E-state index contributed by atoms with van der Waals surface area (Å²) in [7, 11) is -3.77. The summed E-state index contributed by atoms with van der Waals surface area (Å²) in [5, 5.41) is 2.75. The largest absolute Gasteiger partial charge is 0.489 e. The molecule has 0 atom stereocenters. The summed E-state index contributed by atoms with van der Waals surface area (Å²) >= 11 is 0. The number of carbonyl (C=O) groups excluding carboxylic acids is 1. The molecule has 0 bridgehead atoms. The van der Waals surface area contributed by atoms with Crippen LogP contribution in [0.1, 0.15) is 10.4 Å². The van der Waals surface area contributed by atoms with Crippen LogP contribution in [0, 0.1) is 5.82 Å². The summed E-state index contributed by atoms with van der Waals surface area (Å²) in [6.45, 7) is 3.60. The van der Waals surface area contributed by atoms with Gasteiger partial charge in [-0.2, -0.15) is 4.31 Å². The number of rotatable bonds is 8. The van der Waals surface area contributed by atoms with E-state index in [1.54, 1.807) is 18.2 Å². The lowest BCUT2D eigenvalue weighted by Crippen LogP contribution is -2.41. The second kappa shape index (κ2) is 11.1. The van der Waals surface area contributed by atoms with Crippen LogP contribution in [-0.2, 0) is 19.5 Å². The van der Waals surface area contributed by atoms with E-state index >= 15 is 0 Å². The maximum Gasteiger partial charge on any atom is 0.253 e. The average molecular weight is 494 g/mol. The van der Waals surface area contributed by atoms with Crippen molar-refractivity contribution in [3.63, 3.8) is 0 Å². The number of carbonyl (C=O) groups is 1. The van der Waals surface area contributed by atoms with Gasteiger partial charge in [-0.25, -0.2) is 12.8 Å². The van der Waals surface area contributed by atoms with Crippen molar-refractivity contribution in [1.29, 1.82) is 0 Å². The second-order valence-corrected chi connectivity index (χ2v) is 9.77. The highest BCUT2D eigenvalue weighted by atomic mass is 32.2. The summed E-state index contributed by atoms with van der Waals surface area (Å²) in [6.07, 6.45) is 0. The van der Waals surface area contributed by atoms with E-state index in [1.807, 2.05) is 4.90 Å². The van der Waals surface area contributed by atoms with Gasteiger partial charge in [-0.05, 0) is 30.3 Å². The van der Waals surface area contributed by atoms with E-state index in [4.69, 9.17) is 14.2 Å². The van der Waals surface area contributed by atoms with Crippen LogP contribution in [0.25, 0.3) is 0 Å². The zero-order chi connectivity index (χ0) is 24.0. The van der Waals surface area contributed by atoms with Gasteiger partial charge >= 0.3 is 0 Å². The van der Waals surface area contributed by atoms with Gasteiger partial charge < -0.3 is 24.4 Å². The minimum Gasteiger partial charge on any atom is -0.489 e. The number of nitrogens with zero attached hydrogens (tertiary/aromatic N) is 2. The van der Waals surface area contributed by atoms with E-state index < -0.39 is 21.7 Å². The molecule has 1 amide bonds. The molecule has 0 saturated carbocycles. The minimum atomic E-state index is -3.77. The Balaban J connectivity index is 1.51. The molecule has 2 aromatic carbocycles. The third kappa shape index (κ3) is 5.66. The lowest BCUT2D eigenvalue weighted by Gasteiger charge is -2.31. The zero-order valence-corrected chi connectivity index (χ0v) is 19.6. The first-order valence-electron chi connectivity index (χ1n) is 11.2. The predicted molar refractivity (Wildman–Crippen MR) is 123 cm³/mol. The van der Waals surface area contributed by atoms with Crippen LogP contribution in [-0.4, -0.2) is 84.4 Å². The first-order valence-corrected chi connectivity index (χ1v) is 12.6.